The van der Waals surface area contributed by atoms with Crippen LogP contribution in [0.2, 0.25) is 0 Å². The molecule has 1 atom stereocenters. The molecule has 9 nitrogen and oxygen atoms in total. The van der Waals surface area contributed by atoms with Crippen LogP contribution in [0.25, 0.3) is 22.4 Å². The van der Waals surface area contributed by atoms with Gasteiger partial charge >= 0.3 is 0 Å². The van der Waals surface area contributed by atoms with Crippen molar-refractivity contribution < 1.29 is 14.1 Å². The molecule has 1 aliphatic heterocycles. The van der Waals surface area contributed by atoms with Crippen molar-refractivity contribution in [2.24, 2.45) is 5.92 Å². The van der Waals surface area contributed by atoms with Gasteiger partial charge in [-0.15, -0.1) is 0 Å². The van der Waals surface area contributed by atoms with Crippen LogP contribution < -0.4 is 0 Å². The first-order valence-corrected chi connectivity index (χ1v) is 10.6. The molecule has 1 N–H and O–H groups in total. The first-order chi connectivity index (χ1) is 15.6. The zero-order valence-electron chi connectivity index (χ0n) is 17.6. The molecule has 32 heavy (non-hydrogen) atoms. The lowest BCUT2D eigenvalue weighted by Gasteiger charge is -2.31. The van der Waals surface area contributed by atoms with Crippen molar-refractivity contribution in [1.29, 1.82) is 0 Å². The summed E-state index contributed by atoms with van der Waals surface area (Å²) < 4.78 is 5.38. The summed E-state index contributed by atoms with van der Waals surface area (Å²) in [4.78, 5) is 43.6. The zero-order chi connectivity index (χ0) is 22.1. The second kappa shape index (κ2) is 8.33. The molecule has 0 spiro atoms. The van der Waals surface area contributed by atoms with E-state index in [1.54, 1.807) is 23.5 Å². The Hall–Kier alpha value is -3.88. The fourth-order valence-corrected chi connectivity index (χ4v) is 4.34. The molecule has 1 unspecified atom stereocenters. The molecular weight excluding hydrogens is 408 g/mol. The Labute approximate surface area is 183 Å². The highest BCUT2D eigenvalue weighted by Crippen LogP contribution is 2.25. The molecule has 3 aromatic heterocycles. The summed E-state index contributed by atoms with van der Waals surface area (Å²) in [5, 5.41) is 4.76. The first kappa shape index (κ1) is 20.0. The minimum Gasteiger partial charge on any atom is -0.358 e. The first-order valence-electron chi connectivity index (χ1n) is 10.6. The maximum atomic E-state index is 13.1. The summed E-state index contributed by atoms with van der Waals surface area (Å²) in [5.74, 6) is 0.0852. The molecule has 5 rings (SSSR count). The van der Waals surface area contributed by atoms with Crippen molar-refractivity contribution in [3.63, 3.8) is 0 Å². The Morgan fingerprint density at radius 3 is 2.97 bits per heavy atom. The highest BCUT2D eigenvalue weighted by molar-refractivity contribution is 6.45. The fraction of sp³-hybridized carbons (Fsp3) is 0.304. The van der Waals surface area contributed by atoms with Crippen LogP contribution in [0.3, 0.4) is 0 Å². The lowest BCUT2D eigenvalue weighted by molar-refractivity contribution is -0.128. The fourth-order valence-electron chi connectivity index (χ4n) is 4.34. The summed E-state index contributed by atoms with van der Waals surface area (Å²) in [6.07, 6.45) is 7.01. The van der Waals surface area contributed by atoms with Crippen molar-refractivity contribution in [3.05, 3.63) is 60.0 Å². The van der Waals surface area contributed by atoms with Gasteiger partial charge < -0.3 is 14.4 Å². The number of carbonyl (C=O) groups is 2. The van der Waals surface area contributed by atoms with Gasteiger partial charge in [0.25, 0.3) is 11.7 Å². The number of rotatable bonds is 5. The van der Waals surface area contributed by atoms with Crippen LogP contribution in [0.1, 0.15) is 34.8 Å². The number of ketones is 1. The average Bonchev–Trinajstić information content (AvgIpc) is 3.42. The van der Waals surface area contributed by atoms with E-state index >= 15 is 0 Å². The predicted molar refractivity (Wildman–Crippen MR) is 116 cm³/mol. The number of nitrogens with one attached hydrogen (secondary N) is 1. The topological polar surface area (TPSA) is 118 Å². The van der Waals surface area contributed by atoms with Gasteiger partial charge in [-0.25, -0.2) is 4.98 Å². The number of hydrogen-bond acceptors (Lipinski definition) is 7. The van der Waals surface area contributed by atoms with Gasteiger partial charge in [-0.05, 0) is 31.7 Å². The molecule has 1 saturated heterocycles. The number of nitrogens with zero attached hydrogens (tertiary/aromatic N) is 5. The van der Waals surface area contributed by atoms with Gasteiger partial charge in [-0.2, -0.15) is 4.98 Å². The number of H-pyrrole nitrogens is 1. The summed E-state index contributed by atoms with van der Waals surface area (Å²) in [5.41, 5.74) is 2.56. The van der Waals surface area contributed by atoms with Gasteiger partial charge in [0.15, 0.2) is 0 Å². The third-order valence-electron chi connectivity index (χ3n) is 5.84. The molecular formula is C23H22N6O3. The number of likely N-dealkylation sites (tertiary alicyclic amines) is 1. The quantitative estimate of drug-likeness (QED) is 0.382. The monoisotopic (exact) mass is 430 g/mol. The number of aryl methyl sites for hydroxylation is 1. The van der Waals surface area contributed by atoms with E-state index in [9.17, 15) is 9.59 Å². The lowest BCUT2D eigenvalue weighted by atomic mass is 9.94. The summed E-state index contributed by atoms with van der Waals surface area (Å²) in [6, 6.07) is 7.53. The molecule has 4 heterocycles. The third kappa shape index (κ3) is 3.77. The second-order valence-corrected chi connectivity index (χ2v) is 8.07. The van der Waals surface area contributed by atoms with Crippen molar-refractivity contribution >= 4 is 22.6 Å². The van der Waals surface area contributed by atoms with E-state index in [4.69, 9.17) is 4.52 Å². The van der Waals surface area contributed by atoms with Crippen LogP contribution in [0.5, 0.6) is 0 Å². The minimum absolute atomic E-state index is 0.139. The Morgan fingerprint density at radius 1 is 1.25 bits per heavy atom. The molecule has 162 valence electrons. The Morgan fingerprint density at radius 2 is 2.12 bits per heavy atom. The number of aromatic amines is 1. The van der Waals surface area contributed by atoms with Crippen LogP contribution in [0, 0.1) is 12.8 Å². The van der Waals surface area contributed by atoms with Gasteiger partial charge in [0.05, 0.1) is 11.8 Å². The molecule has 0 saturated carbocycles. The van der Waals surface area contributed by atoms with Crippen LogP contribution in [-0.2, 0) is 11.2 Å². The number of Topliss-reactive ketones (excluding diaryl/α,β-unsaturated/α-hetero) is 1. The van der Waals surface area contributed by atoms with Crippen molar-refractivity contribution in [3.8, 4) is 11.5 Å². The number of carbonyl (C=O) groups excluding carboxylic acids is 2. The van der Waals surface area contributed by atoms with Crippen molar-refractivity contribution in [2.75, 3.05) is 13.1 Å². The Kier molecular flexibility index (Phi) is 5.22. The number of aromatic nitrogens is 5. The minimum atomic E-state index is -0.469. The van der Waals surface area contributed by atoms with Gasteiger partial charge in [0, 0.05) is 48.5 Å². The average molecular weight is 430 g/mol. The normalized spacial score (nSPS) is 16.4. The van der Waals surface area contributed by atoms with Gasteiger partial charge in [-0.3, -0.25) is 14.6 Å². The van der Waals surface area contributed by atoms with Gasteiger partial charge in [0.1, 0.15) is 5.69 Å². The smallest absolute Gasteiger partial charge is 0.295 e. The second-order valence-electron chi connectivity index (χ2n) is 8.07. The van der Waals surface area contributed by atoms with Crippen molar-refractivity contribution in [1.82, 2.24) is 30.0 Å². The van der Waals surface area contributed by atoms with E-state index < -0.39 is 11.7 Å². The van der Waals surface area contributed by atoms with E-state index in [2.05, 4.69) is 25.1 Å². The third-order valence-corrected chi connectivity index (χ3v) is 5.84. The van der Waals surface area contributed by atoms with Crippen LogP contribution in [-0.4, -0.2) is 54.8 Å². The molecule has 1 amide bonds. The van der Waals surface area contributed by atoms with E-state index in [-0.39, 0.29) is 5.92 Å². The van der Waals surface area contributed by atoms with E-state index in [0.717, 1.165) is 23.7 Å². The molecule has 1 aromatic carbocycles. The maximum absolute atomic E-state index is 13.1. The lowest BCUT2D eigenvalue weighted by Crippen LogP contribution is -2.44. The number of amides is 1. The number of benzene rings is 1. The highest BCUT2D eigenvalue weighted by atomic mass is 16.5. The van der Waals surface area contributed by atoms with E-state index in [1.807, 2.05) is 31.2 Å². The van der Waals surface area contributed by atoms with E-state index in [1.165, 1.54) is 0 Å². The van der Waals surface area contributed by atoms with E-state index in [0.29, 0.717) is 48.2 Å². The summed E-state index contributed by atoms with van der Waals surface area (Å²) >= 11 is 0. The number of hydrogen-bond donors (Lipinski definition) is 1. The standard InChI is InChI=1S/C23H22N6O3/c1-14-20(16-6-2-3-7-17(16)26-14)21(30)23(31)29-10-4-5-15(13-29)11-19-27-22(28-32-19)18-12-24-8-9-25-18/h2-3,6-9,12,15,26H,4-5,10-11,13H2,1H3. The van der Waals surface area contributed by atoms with Crippen LogP contribution in [0.4, 0.5) is 0 Å². The molecule has 0 radical (unpaired) electrons. The zero-order valence-corrected chi connectivity index (χ0v) is 17.6. The molecule has 0 bridgehead atoms. The predicted octanol–water partition coefficient (Wildman–Crippen LogP) is 2.98. The number of para-hydroxylation sites is 1. The molecule has 0 aliphatic carbocycles. The SMILES string of the molecule is Cc1[nH]c2ccccc2c1C(=O)C(=O)N1CCCC(Cc2nc(-c3cnccn3)no2)C1. The molecule has 1 fully saturated rings. The summed E-state index contributed by atoms with van der Waals surface area (Å²) in [7, 11) is 0. The maximum Gasteiger partial charge on any atom is 0.295 e. The van der Waals surface area contributed by atoms with Crippen LogP contribution >= 0.6 is 0 Å². The number of fused-ring (bicyclic) bond motifs is 1. The van der Waals surface area contributed by atoms with Crippen molar-refractivity contribution in [2.45, 2.75) is 26.2 Å². The Bertz CT molecular complexity index is 1280. The number of piperidine rings is 1. The largest absolute Gasteiger partial charge is 0.358 e. The Balaban J connectivity index is 1.29. The van der Waals surface area contributed by atoms with Crippen LogP contribution in [0.15, 0.2) is 47.4 Å². The summed E-state index contributed by atoms with van der Waals surface area (Å²) in [6.45, 7) is 2.87. The molecule has 4 aromatic rings. The van der Waals surface area contributed by atoms with Gasteiger partial charge in [0.2, 0.25) is 11.7 Å². The molecule has 9 heteroatoms. The molecule has 1 aliphatic rings. The highest BCUT2D eigenvalue weighted by Gasteiger charge is 2.31. The van der Waals surface area contributed by atoms with Gasteiger partial charge in [-0.1, -0.05) is 23.4 Å².